The molecule has 3 aromatic heterocycles. The molecule has 0 spiro atoms. The number of likely N-dealkylation sites (tertiary alicyclic amines) is 1. The van der Waals surface area contributed by atoms with Crippen molar-refractivity contribution in [2.24, 2.45) is 0 Å². The standard InChI is InChI=1S/C25H26N4O3/c1-17-7-5-11-28-16-21(27-23(17)28)25(30)29-12-6-9-19(15-29)24-26-14-20(32-24)13-18-8-3-4-10-22(18)31-2/h3-5,7-8,10-11,14,16,19H,6,9,12-13,15H2,1-2H3. The fourth-order valence-corrected chi connectivity index (χ4v) is 4.41. The minimum Gasteiger partial charge on any atom is -0.496 e. The minimum atomic E-state index is -0.0430. The molecule has 32 heavy (non-hydrogen) atoms. The number of amides is 1. The largest absolute Gasteiger partial charge is 0.496 e. The van der Waals surface area contributed by atoms with Gasteiger partial charge in [-0.3, -0.25) is 4.79 Å². The summed E-state index contributed by atoms with van der Waals surface area (Å²) in [4.78, 5) is 24.1. The zero-order valence-corrected chi connectivity index (χ0v) is 18.3. The SMILES string of the molecule is COc1ccccc1Cc1cnc(C2CCCN(C(=O)c3cn4cccc(C)c4n3)C2)o1. The highest BCUT2D eigenvalue weighted by atomic mass is 16.5. The number of piperidine rings is 1. The highest BCUT2D eigenvalue weighted by molar-refractivity contribution is 5.93. The second-order valence-electron chi connectivity index (χ2n) is 8.29. The van der Waals surface area contributed by atoms with Gasteiger partial charge in [0.1, 0.15) is 22.9 Å². The van der Waals surface area contributed by atoms with E-state index < -0.39 is 0 Å². The number of carbonyl (C=O) groups is 1. The first kappa shape index (κ1) is 20.3. The third kappa shape index (κ3) is 3.86. The minimum absolute atomic E-state index is 0.0430. The molecule has 1 atom stereocenters. The molecule has 0 saturated carbocycles. The molecule has 164 valence electrons. The molecule has 1 amide bonds. The van der Waals surface area contributed by atoms with Crippen LogP contribution in [0.1, 0.15) is 52.0 Å². The zero-order valence-electron chi connectivity index (χ0n) is 18.3. The molecule has 1 aromatic carbocycles. The van der Waals surface area contributed by atoms with Crippen molar-refractivity contribution < 1.29 is 13.9 Å². The number of hydrogen-bond acceptors (Lipinski definition) is 5. The summed E-state index contributed by atoms with van der Waals surface area (Å²) < 4.78 is 13.4. The first-order valence-electron chi connectivity index (χ1n) is 10.9. The molecular weight excluding hydrogens is 404 g/mol. The number of aryl methyl sites for hydroxylation is 1. The molecule has 7 heteroatoms. The van der Waals surface area contributed by atoms with Gasteiger partial charge in [0, 0.05) is 37.5 Å². The number of hydrogen-bond donors (Lipinski definition) is 0. The van der Waals surface area contributed by atoms with Gasteiger partial charge in [-0.25, -0.2) is 9.97 Å². The van der Waals surface area contributed by atoms with Gasteiger partial charge in [-0.05, 0) is 37.5 Å². The van der Waals surface area contributed by atoms with Crippen molar-refractivity contribution in [3.8, 4) is 5.75 Å². The van der Waals surface area contributed by atoms with Crippen molar-refractivity contribution in [3.63, 3.8) is 0 Å². The molecule has 1 aliphatic heterocycles. The number of aromatic nitrogens is 3. The van der Waals surface area contributed by atoms with Crippen LogP contribution >= 0.6 is 0 Å². The summed E-state index contributed by atoms with van der Waals surface area (Å²) in [6, 6.07) is 11.9. The second kappa shape index (κ2) is 8.49. The van der Waals surface area contributed by atoms with Crippen LogP contribution in [0.25, 0.3) is 5.65 Å². The quantitative estimate of drug-likeness (QED) is 0.473. The Morgan fingerprint density at radius 3 is 2.97 bits per heavy atom. The maximum Gasteiger partial charge on any atom is 0.274 e. The van der Waals surface area contributed by atoms with Gasteiger partial charge in [-0.1, -0.05) is 24.3 Å². The molecule has 0 bridgehead atoms. The Kier molecular flexibility index (Phi) is 5.39. The fraction of sp³-hybridized carbons (Fsp3) is 0.320. The average molecular weight is 431 g/mol. The number of methoxy groups -OCH3 is 1. The van der Waals surface area contributed by atoms with Crippen LogP contribution < -0.4 is 4.74 Å². The van der Waals surface area contributed by atoms with Crippen LogP contribution in [0.4, 0.5) is 0 Å². The summed E-state index contributed by atoms with van der Waals surface area (Å²) in [6.45, 7) is 3.30. The monoisotopic (exact) mass is 430 g/mol. The van der Waals surface area contributed by atoms with E-state index in [1.807, 2.05) is 65.0 Å². The van der Waals surface area contributed by atoms with Gasteiger partial charge in [0.05, 0.1) is 19.2 Å². The third-order valence-corrected chi connectivity index (χ3v) is 6.08. The first-order valence-corrected chi connectivity index (χ1v) is 10.9. The molecule has 7 nitrogen and oxygen atoms in total. The van der Waals surface area contributed by atoms with Gasteiger partial charge < -0.3 is 18.5 Å². The smallest absolute Gasteiger partial charge is 0.274 e. The predicted octanol–water partition coefficient (Wildman–Crippen LogP) is 4.25. The van der Waals surface area contributed by atoms with Gasteiger partial charge in [-0.2, -0.15) is 0 Å². The van der Waals surface area contributed by atoms with Crippen LogP contribution in [-0.4, -0.2) is 45.4 Å². The summed E-state index contributed by atoms with van der Waals surface area (Å²) >= 11 is 0. The number of ether oxygens (including phenoxy) is 1. The van der Waals surface area contributed by atoms with Gasteiger partial charge in [0.2, 0.25) is 0 Å². The Labute approximate surface area is 186 Å². The van der Waals surface area contributed by atoms with Crippen molar-refractivity contribution in [2.75, 3.05) is 20.2 Å². The van der Waals surface area contributed by atoms with E-state index in [1.165, 1.54) is 0 Å². The molecule has 0 radical (unpaired) electrons. The Bertz CT molecular complexity index is 1260. The van der Waals surface area contributed by atoms with Gasteiger partial charge in [0.15, 0.2) is 5.89 Å². The number of carbonyl (C=O) groups excluding carboxylic acids is 1. The van der Waals surface area contributed by atoms with Crippen molar-refractivity contribution in [2.45, 2.75) is 32.1 Å². The van der Waals surface area contributed by atoms with E-state index in [2.05, 4.69) is 9.97 Å². The number of fused-ring (bicyclic) bond motifs is 1. The van der Waals surface area contributed by atoms with Crippen LogP contribution in [0.5, 0.6) is 5.75 Å². The van der Waals surface area contributed by atoms with Crippen molar-refractivity contribution in [3.05, 3.63) is 83.5 Å². The van der Waals surface area contributed by atoms with Gasteiger partial charge in [-0.15, -0.1) is 0 Å². The first-order chi connectivity index (χ1) is 15.6. The van der Waals surface area contributed by atoms with Gasteiger partial charge in [0.25, 0.3) is 5.91 Å². The van der Waals surface area contributed by atoms with E-state index in [-0.39, 0.29) is 11.8 Å². The molecule has 1 unspecified atom stereocenters. The predicted molar refractivity (Wildman–Crippen MR) is 120 cm³/mol. The maximum absolute atomic E-state index is 13.2. The van der Waals surface area contributed by atoms with Gasteiger partial charge >= 0.3 is 0 Å². The van der Waals surface area contributed by atoms with E-state index in [0.717, 1.165) is 47.7 Å². The molecule has 1 saturated heterocycles. The summed E-state index contributed by atoms with van der Waals surface area (Å²) in [5.41, 5.74) is 3.40. The number of imidazole rings is 1. The zero-order chi connectivity index (χ0) is 22.1. The molecule has 4 heterocycles. The van der Waals surface area contributed by atoms with Crippen LogP contribution in [-0.2, 0) is 6.42 Å². The molecule has 4 aromatic rings. The Morgan fingerprint density at radius 2 is 2.12 bits per heavy atom. The molecule has 0 N–H and O–H groups in total. The number of rotatable bonds is 5. The summed E-state index contributed by atoms with van der Waals surface area (Å²) in [5.74, 6) is 2.36. The lowest BCUT2D eigenvalue weighted by atomic mass is 9.98. The van der Waals surface area contributed by atoms with Crippen molar-refractivity contribution in [1.29, 1.82) is 0 Å². The number of oxazole rings is 1. The molecule has 1 fully saturated rings. The van der Waals surface area contributed by atoms with Crippen LogP contribution in [0.2, 0.25) is 0 Å². The summed E-state index contributed by atoms with van der Waals surface area (Å²) in [6.07, 6.45) is 7.99. The molecule has 5 rings (SSSR count). The van der Waals surface area contributed by atoms with Crippen LogP contribution in [0.3, 0.4) is 0 Å². The van der Waals surface area contributed by atoms with Crippen molar-refractivity contribution in [1.82, 2.24) is 19.3 Å². The molecule has 0 aliphatic carbocycles. The second-order valence-corrected chi connectivity index (χ2v) is 8.29. The van der Waals surface area contributed by atoms with E-state index in [0.29, 0.717) is 24.6 Å². The fourth-order valence-electron chi connectivity index (χ4n) is 4.41. The summed E-state index contributed by atoms with van der Waals surface area (Å²) in [5, 5.41) is 0. The Morgan fingerprint density at radius 1 is 1.25 bits per heavy atom. The normalized spacial score (nSPS) is 16.4. The number of nitrogens with zero attached hydrogens (tertiary/aromatic N) is 4. The lowest BCUT2D eigenvalue weighted by Crippen LogP contribution is -2.39. The maximum atomic E-state index is 13.2. The number of pyridine rings is 1. The molecule has 1 aliphatic rings. The Balaban J connectivity index is 1.30. The van der Waals surface area contributed by atoms with E-state index in [4.69, 9.17) is 9.15 Å². The van der Waals surface area contributed by atoms with E-state index >= 15 is 0 Å². The Hall–Kier alpha value is -3.61. The van der Waals surface area contributed by atoms with E-state index in [9.17, 15) is 4.79 Å². The summed E-state index contributed by atoms with van der Waals surface area (Å²) in [7, 11) is 1.67. The molecular formula is C25H26N4O3. The highest BCUT2D eigenvalue weighted by Crippen LogP contribution is 2.29. The lowest BCUT2D eigenvalue weighted by Gasteiger charge is -2.30. The highest BCUT2D eigenvalue weighted by Gasteiger charge is 2.29. The van der Waals surface area contributed by atoms with E-state index in [1.54, 1.807) is 13.3 Å². The van der Waals surface area contributed by atoms with Crippen molar-refractivity contribution >= 4 is 11.6 Å². The average Bonchev–Trinajstić information content (AvgIpc) is 3.47. The van der Waals surface area contributed by atoms with Crippen LogP contribution in [0.15, 0.2) is 59.4 Å². The number of para-hydroxylation sites is 1. The topological polar surface area (TPSA) is 72.9 Å². The third-order valence-electron chi connectivity index (χ3n) is 6.08. The lowest BCUT2D eigenvalue weighted by molar-refractivity contribution is 0.0692. The van der Waals surface area contributed by atoms with Crippen LogP contribution in [0, 0.1) is 6.92 Å². The number of benzene rings is 1.